The van der Waals surface area contributed by atoms with Crippen LogP contribution in [0.4, 0.5) is 0 Å². The third-order valence-electron chi connectivity index (χ3n) is 4.28. The van der Waals surface area contributed by atoms with Crippen LogP contribution in [0.3, 0.4) is 0 Å². The predicted molar refractivity (Wildman–Crippen MR) is 84.5 cm³/mol. The molecular weight excluding hydrogens is 264 g/mol. The summed E-state index contributed by atoms with van der Waals surface area (Å²) in [5, 5.41) is 3.41. The molecule has 21 heavy (non-hydrogen) atoms. The van der Waals surface area contributed by atoms with E-state index in [0.29, 0.717) is 12.6 Å². The number of rotatable bonds is 5. The van der Waals surface area contributed by atoms with Gasteiger partial charge in [0.15, 0.2) is 0 Å². The SMILES string of the molecule is COCCn1c(C(C)N2CCNCC2)nc2ccccc21. The van der Waals surface area contributed by atoms with Crippen molar-refractivity contribution >= 4 is 11.0 Å². The molecule has 0 aliphatic carbocycles. The van der Waals surface area contributed by atoms with Gasteiger partial charge >= 0.3 is 0 Å². The Morgan fingerprint density at radius 2 is 2.05 bits per heavy atom. The van der Waals surface area contributed by atoms with Crippen molar-refractivity contribution in [3.63, 3.8) is 0 Å². The highest BCUT2D eigenvalue weighted by Gasteiger charge is 2.23. The Balaban J connectivity index is 1.95. The van der Waals surface area contributed by atoms with Crippen LogP contribution in [0.25, 0.3) is 11.0 Å². The van der Waals surface area contributed by atoms with Crippen molar-refractivity contribution in [1.82, 2.24) is 19.8 Å². The van der Waals surface area contributed by atoms with E-state index in [2.05, 4.69) is 46.0 Å². The van der Waals surface area contributed by atoms with Gasteiger partial charge in [-0.3, -0.25) is 4.90 Å². The first kappa shape index (κ1) is 14.5. The van der Waals surface area contributed by atoms with E-state index in [1.807, 2.05) is 0 Å². The lowest BCUT2D eigenvalue weighted by molar-refractivity contribution is 0.166. The molecule has 1 unspecified atom stereocenters. The summed E-state index contributed by atoms with van der Waals surface area (Å²) in [6, 6.07) is 8.69. The third-order valence-corrected chi connectivity index (χ3v) is 4.28. The van der Waals surface area contributed by atoms with Crippen molar-refractivity contribution in [3.05, 3.63) is 30.1 Å². The number of hydrogen-bond donors (Lipinski definition) is 1. The lowest BCUT2D eigenvalue weighted by atomic mass is 10.2. The van der Waals surface area contributed by atoms with Crippen LogP contribution in [0.15, 0.2) is 24.3 Å². The lowest BCUT2D eigenvalue weighted by Gasteiger charge is -2.32. The van der Waals surface area contributed by atoms with Crippen LogP contribution < -0.4 is 5.32 Å². The molecule has 1 fully saturated rings. The highest BCUT2D eigenvalue weighted by atomic mass is 16.5. The second-order valence-electron chi connectivity index (χ2n) is 5.57. The van der Waals surface area contributed by atoms with Gasteiger partial charge in [0.2, 0.25) is 0 Å². The molecule has 5 nitrogen and oxygen atoms in total. The lowest BCUT2D eigenvalue weighted by Crippen LogP contribution is -2.45. The van der Waals surface area contributed by atoms with Crippen LogP contribution in [0.5, 0.6) is 0 Å². The van der Waals surface area contributed by atoms with E-state index >= 15 is 0 Å². The van der Waals surface area contributed by atoms with Gasteiger partial charge in [-0.1, -0.05) is 12.1 Å². The molecular formula is C16H24N4O. The summed E-state index contributed by atoms with van der Waals surface area (Å²) in [5.41, 5.74) is 2.28. The molecule has 0 spiro atoms. The third kappa shape index (κ3) is 2.95. The van der Waals surface area contributed by atoms with Crippen LogP contribution in [0.1, 0.15) is 18.8 Å². The topological polar surface area (TPSA) is 42.3 Å². The van der Waals surface area contributed by atoms with Gasteiger partial charge in [-0.15, -0.1) is 0 Å². The van der Waals surface area contributed by atoms with E-state index in [4.69, 9.17) is 9.72 Å². The summed E-state index contributed by atoms with van der Waals surface area (Å²) in [5.74, 6) is 1.15. The summed E-state index contributed by atoms with van der Waals surface area (Å²) in [4.78, 5) is 7.39. The van der Waals surface area contributed by atoms with E-state index in [-0.39, 0.29) is 0 Å². The molecule has 0 bridgehead atoms. The Bertz CT molecular complexity index is 589. The summed E-state index contributed by atoms with van der Waals surface area (Å²) in [7, 11) is 1.75. The first-order valence-corrected chi connectivity index (χ1v) is 7.70. The highest BCUT2D eigenvalue weighted by molar-refractivity contribution is 5.76. The molecule has 0 radical (unpaired) electrons. The fraction of sp³-hybridized carbons (Fsp3) is 0.562. The normalized spacial score (nSPS) is 18.2. The zero-order chi connectivity index (χ0) is 14.7. The van der Waals surface area contributed by atoms with Gasteiger partial charge in [-0.05, 0) is 19.1 Å². The minimum atomic E-state index is 0.330. The fourth-order valence-corrected chi connectivity index (χ4v) is 3.06. The van der Waals surface area contributed by atoms with E-state index in [1.165, 1.54) is 5.52 Å². The first-order chi connectivity index (χ1) is 10.3. The van der Waals surface area contributed by atoms with E-state index < -0.39 is 0 Å². The van der Waals surface area contributed by atoms with E-state index in [1.54, 1.807) is 7.11 Å². The number of para-hydroxylation sites is 2. The number of hydrogen-bond acceptors (Lipinski definition) is 4. The number of piperazine rings is 1. The molecule has 5 heteroatoms. The average Bonchev–Trinajstić information content (AvgIpc) is 2.91. The molecule has 2 aromatic rings. The van der Waals surface area contributed by atoms with Crippen molar-refractivity contribution in [2.75, 3.05) is 39.9 Å². The Kier molecular flexibility index (Phi) is 4.53. The largest absolute Gasteiger partial charge is 0.383 e. The van der Waals surface area contributed by atoms with Gasteiger partial charge in [0.1, 0.15) is 5.82 Å². The summed E-state index contributed by atoms with van der Waals surface area (Å²) < 4.78 is 7.58. The Morgan fingerprint density at radius 3 is 2.81 bits per heavy atom. The number of ether oxygens (including phenoxy) is 1. The monoisotopic (exact) mass is 288 g/mol. The number of aromatic nitrogens is 2. The number of benzene rings is 1. The molecule has 1 atom stereocenters. The molecule has 1 aromatic heterocycles. The number of nitrogens with zero attached hydrogens (tertiary/aromatic N) is 3. The van der Waals surface area contributed by atoms with Crippen molar-refractivity contribution in [3.8, 4) is 0 Å². The summed E-state index contributed by atoms with van der Waals surface area (Å²) in [6.07, 6.45) is 0. The first-order valence-electron chi connectivity index (χ1n) is 7.70. The van der Waals surface area contributed by atoms with E-state index in [9.17, 15) is 0 Å². The van der Waals surface area contributed by atoms with Gasteiger partial charge < -0.3 is 14.6 Å². The van der Waals surface area contributed by atoms with E-state index in [0.717, 1.165) is 44.1 Å². The van der Waals surface area contributed by atoms with Crippen LogP contribution in [-0.2, 0) is 11.3 Å². The van der Waals surface area contributed by atoms with Gasteiger partial charge in [-0.25, -0.2) is 4.98 Å². The minimum Gasteiger partial charge on any atom is -0.383 e. The highest BCUT2D eigenvalue weighted by Crippen LogP contribution is 2.24. The number of imidazole rings is 1. The number of fused-ring (bicyclic) bond motifs is 1. The minimum absolute atomic E-state index is 0.330. The van der Waals surface area contributed by atoms with Crippen LogP contribution in [0, 0.1) is 0 Å². The quantitative estimate of drug-likeness (QED) is 0.908. The second-order valence-corrected chi connectivity index (χ2v) is 5.57. The zero-order valence-electron chi connectivity index (χ0n) is 12.9. The van der Waals surface area contributed by atoms with Crippen LogP contribution >= 0.6 is 0 Å². The molecule has 3 rings (SSSR count). The Morgan fingerprint density at radius 1 is 1.29 bits per heavy atom. The molecule has 1 aromatic carbocycles. The Hall–Kier alpha value is -1.43. The van der Waals surface area contributed by atoms with Crippen LogP contribution in [-0.4, -0.2) is 54.3 Å². The standard InChI is InChI=1S/C16H24N4O/c1-13(19-9-7-17-8-10-19)16-18-14-5-3-4-6-15(14)20(16)11-12-21-2/h3-6,13,17H,7-12H2,1-2H3. The number of nitrogens with one attached hydrogen (secondary N) is 1. The van der Waals surface area contributed by atoms with Crippen molar-refractivity contribution in [2.24, 2.45) is 0 Å². The predicted octanol–water partition coefficient (Wildman–Crippen LogP) is 1.65. The zero-order valence-corrected chi connectivity index (χ0v) is 12.9. The maximum Gasteiger partial charge on any atom is 0.127 e. The molecule has 1 aliphatic heterocycles. The average molecular weight is 288 g/mol. The van der Waals surface area contributed by atoms with Gasteiger partial charge in [0, 0.05) is 39.8 Å². The van der Waals surface area contributed by atoms with Crippen molar-refractivity contribution in [1.29, 1.82) is 0 Å². The van der Waals surface area contributed by atoms with Crippen molar-refractivity contribution < 1.29 is 4.74 Å². The Labute approximate surface area is 125 Å². The summed E-state index contributed by atoms with van der Waals surface area (Å²) in [6.45, 7) is 8.09. The molecule has 1 aliphatic rings. The van der Waals surface area contributed by atoms with Gasteiger partial charge in [0.05, 0.1) is 23.7 Å². The van der Waals surface area contributed by atoms with Gasteiger partial charge in [0.25, 0.3) is 0 Å². The molecule has 0 amide bonds. The molecule has 2 heterocycles. The summed E-state index contributed by atoms with van der Waals surface area (Å²) >= 11 is 0. The van der Waals surface area contributed by atoms with Gasteiger partial charge in [-0.2, -0.15) is 0 Å². The number of methoxy groups -OCH3 is 1. The maximum atomic E-state index is 5.27. The van der Waals surface area contributed by atoms with Crippen LogP contribution in [0.2, 0.25) is 0 Å². The molecule has 114 valence electrons. The molecule has 1 saturated heterocycles. The second kappa shape index (κ2) is 6.56. The fourth-order valence-electron chi connectivity index (χ4n) is 3.06. The maximum absolute atomic E-state index is 5.27. The molecule has 0 saturated carbocycles. The smallest absolute Gasteiger partial charge is 0.127 e. The molecule has 1 N–H and O–H groups in total. The van der Waals surface area contributed by atoms with Crippen molar-refractivity contribution in [2.45, 2.75) is 19.5 Å².